The number of nitrogens with zero attached hydrogens (tertiary/aromatic N) is 3. The van der Waals surface area contributed by atoms with Gasteiger partial charge < -0.3 is 9.42 Å². The Morgan fingerprint density at radius 1 is 0.923 bits per heavy atom. The van der Waals surface area contributed by atoms with Crippen LogP contribution in [0.2, 0.25) is 0 Å². The van der Waals surface area contributed by atoms with Crippen molar-refractivity contribution in [3.8, 4) is 11.4 Å². The molecule has 26 heavy (non-hydrogen) atoms. The first-order valence-corrected chi connectivity index (χ1v) is 9.94. The molecule has 5 heteroatoms. The first-order chi connectivity index (χ1) is 12.8. The average molecular weight is 357 g/mol. The lowest BCUT2D eigenvalue weighted by Crippen LogP contribution is -2.33. The van der Waals surface area contributed by atoms with Crippen LogP contribution in [0.5, 0.6) is 0 Å². The summed E-state index contributed by atoms with van der Waals surface area (Å²) in [7, 11) is 0. The van der Waals surface area contributed by atoms with Crippen molar-refractivity contribution in [1.29, 1.82) is 0 Å². The van der Waals surface area contributed by atoms with Gasteiger partial charge in [-0.05, 0) is 12.8 Å². The maximum atomic E-state index is 12.8. The monoisotopic (exact) mass is 357 g/mol. The fraction of sp³-hybridized carbons (Fsp3) is 0.571. The lowest BCUT2D eigenvalue weighted by molar-refractivity contribution is 0.0699. The molecule has 1 aromatic heterocycles. The summed E-state index contributed by atoms with van der Waals surface area (Å²) in [6.07, 6.45) is 9.12. The summed E-state index contributed by atoms with van der Waals surface area (Å²) in [5.41, 5.74) is 0.854. The second-order valence-corrected chi connectivity index (χ2v) is 6.70. The quantitative estimate of drug-likeness (QED) is 0.481. The molecule has 142 valence electrons. The number of rotatable bonds is 12. The maximum Gasteiger partial charge on any atom is 0.316 e. The molecule has 1 heterocycles. The molecule has 0 bridgehead atoms. The Balaban J connectivity index is 2.00. The third-order valence-corrected chi connectivity index (χ3v) is 4.49. The highest BCUT2D eigenvalue weighted by atomic mass is 16.5. The Morgan fingerprint density at radius 2 is 1.54 bits per heavy atom. The van der Waals surface area contributed by atoms with E-state index >= 15 is 0 Å². The van der Waals surface area contributed by atoms with Gasteiger partial charge in [0.2, 0.25) is 5.82 Å². The van der Waals surface area contributed by atoms with Crippen LogP contribution in [0.1, 0.15) is 75.9 Å². The molecule has 0 saturated heterocycles. The van der Waals surface area contributed by atoms with E-state index in [0.717, 1.165) is 44.3 Å². The summed E-state index contributed by atoms with van der Waals surface area (Å²) in [6, 6.07) is 9.59. The van der Waals surface area contributed by atoms with Crippen molar-refractivity contribution >= 4 is 5.91 Å². The van der Waals surface area contributed by atoms with E-state index in [1.807, 2.05) is 35.2 Å². The summed E-state index contributed by atoms with van der Waals surface area (Å²) in [4.78, 5) is 19.1. The van der Waals surface area contributed by atoms with Gasteiger partial charge in [-0.15, -0.1) is 0 Å². The number of aromatic nitrogens is 2. The molecule has 0 saturated carbocycles. The molecular weight excluding hydrogens is 326 g/mol. The molecule has 5 nitrogen and oxygen atoms in total. The van der Waals surface area contributed by atoms with Crippen molar-refractivity contribution < 1.29 is 9.32 Å². The van der Waals surface area contributed by atoms with Crippen molar-refractivity contribution in [1.82, 2.24) is 15.0 Å². The van der Waals surface area contributed by atoms with Crippen LogP contribution in [0.25, 0.3) is 11.4 Å². The van der Waals surface area contributed by atoms with Crippen LogP contribution < -0.4 is 0 Å². The number of benzene rings is 1. The third kappa shape index (κ3) is 6.28. The minimum absolute atomic E-state index is 0.0924. The van der Waals surface area contributed by atoms with Crippen LogP contribution in [0.3, 0.4) is 0 Å². The zero-order chi connectivity index (χ0) is 18.6. The fourth-order valence-electron chi connectivity index (χ4n) is 2.92. The van der Waals surface area contributed by atoms with Crippen LogP contribution in [0.15, 0.2) is 34.9 Å². The van der Waals surface area contributed by atoms with Gasteiger partial charge >= 0.3 is 11.8 Å². The second-order valence-electron chi connectivity index (χ2n) is 6.70. The number of hydrogen-bond donors (Lipinski definition) is 0. The molecule has 0 fully saturated rings. The van der Waals surface area contributed by atoms with Crippen LogP contribution in [-0.4, -0.2) is 34.0 Å². The molecule has 0 aliphatic carbocycles. The van der Waals surface area contributed by atoms with E-state index in [2.05, 4.69) is 24.0 Å². The molecule has 0 N–H and O–H groups in total. The lowest BCUT2D eigenvalue weighted by atomic mass is 10.1. The third-order valence-electron chi connectivity index (χ3n) is 4.49. The Bertz CT molecular complexity index is 628. The van der Waals surface area contributed by atoms with Gasteiger partial charge in [-0.2, -0.15) is 4.98 Å². The van der Waals surface area contributed by atoms with Crippen molar-refractivity contribution in [2.45, 2.75) is 65.2 Å². The summed E-state index contributed by atoms with van der Waals surface area (Å²) >= 11 is 0. The van der Waals surface area contributed by atoms with Gasteiger partial charge in [0.15, 0.2) is 0 Å². The summed E-state index contributed by atoms with van der Waals surface area (Å²) in [5, 5.41) is 3.98. The predicted octanol–water partition coefficient (Wildman–Crippen LogP) is 5.34. The minimum Gasteiger partial charge on any atom is -0.334 e. The van der Waals surface area contributed by atoms with Gasteiger partial charge in [0.05, 0.1) is 0 Å². The summed E-state index contributed by atoms with van der Waals surface area (Å²) in [6.45, 7) is 5.90. The first kappa shape index (κ1) is 20.1. The Morgan fingerprint density at radius 3 is 2.12 bits per heavy atom. The van der Waals surface area contributed by atoms with Gasteiger partial charge in [0, 0.05) is 18.7 Å². The minimum atomic E-state index is -0.146. The standard InChI is InChI=1S/C21H31N3O2/c1-3-5-7-12-16-24(17-13-8-6-4-2)21(25)20-22-19(23-26-20)18-14-10-9-11-15-18/h9-11,14-15H,3-8,12-13,16-17H2,1-2H3. The van der Waals surface area contributed by atoms with E-state index in [4.69, 9.17) is 4.52 Å². The molecule has 0 aliphatic heterocycles. The van der Waals surface area contributed by atoms with E-state index < -0.39 is 0 Å². The number of amides is 1. The van der Waals surface area contributed by atoms with Crippen molar-refractivity contribution in [3.05, 3.63) is 36.2 Å². The van der Waals surface area contributed by atoms with Gasteiger partial charge in [-0.3, -0.25) is 4.79 Å². The van der Waals surface area contributed by atoms with Gasteiger partial charge in [-0.25, -0.2) is 0 Å². The number of carbonyl (C=O) groups is 1. The van der Waals surface area contributed by atoms with Gasteiger partial charge in [-0.1, -0.05) is 87.9 Å². The maximum absolute atomic E-state index is 12.8. The lowest BCUT2D eigenvalue weighted by Gasteiger charge is -2.20. The van der Waals surface area contributed by atoms with Gasteiger partial charge in [0.25, 0.3) is 0 Å². The second kappa shape index (κ2) is 11.4. The largest absolute Gasteiger partial charge is 0.334 e. The summed E-state index contributed by atoms with van der Waals surface area (Å²) in [5.74, 6) is 0.411. The first-order valence-electron chi connectivity index (χ1n) is 9.94. The number of hydrogen-bond acceptors (Lipinski definition) is 4. The van der Waals surface area contributed by atoms with Crippen LogP contribution in [0.4, 0.5) is 0 Å². The smallest absolute Gasteiger partial charge is 0.316 e. The van der Waals surface area contributed by atoms with E-state index in [1.54, 1.807) is 0 Å². The highest BCUT2D eigenvalue weighted by Gasteiger charge is 2.22. The molecule has 2 aromatic rings. The molecular formula is C21H31N3O2. The molecule has 0 unspecified atom stereocenters. The van der Waals surface area contributed by atoms with Crippen molar-refractivity contribution in [2.24, 2.45) is 0 Å². The highest BCUT2D eigenvalue weighted by Crippen LogP contribution is 2.16. The molecule has 0 spiro atoms. The van der Waals surface area contributed by atoms with E-state index in [1.165, 1.54) is 25.7 Å². The molecule has 1 amide bonds. The zero-order valence-electron chi connectivity index (χ0n) is 16.1. The normalized spacial score (nSPS) is 10.8. The Kier molecular flexibility index (Phi) is 8.87. The molecule has 1 aromatic carbocycles. The van der Waals surface area contributed by atoms with Crippen molar-refractivity contribution in [2.75, 3.05) is 13.1 Å². The zero-order valence-corrected chi connectivity index (χ0v) is 16.1. The van der Waals surface area contributed by atoms with Crippen LogP contribution in [-0.2, 0) is 0 Å². The van der Waals surface area contributed by atoms with Crippen LogP contribution >= 0.6 is 0 Å². The van der Waals surface area contributed by atoms with Crippen LogP contribution in [0, 0.1) is 0 Å². The van der Waals surface area contributed by atoms with Gasteiger partial charge in [0.1, 0.15) is 0 Å². The molecule has 0 radical (unpaired) electrons. The SMILES string of the molecule is CCCCCCN(CCCCCC)C(=O)c1nc(-c2ccccc2)no1. The predicted molar refractivity (Wildman–Crippen MR) is 104 cm³/mol. The van der Waals surface area contributed by atoms with Crippen molar-refractivity contribution in [3.63, 3.8) is 0 Å². The molecule has 0 aliphatic rings. The number of carbonyl (C=O) groups excluding carboxylic acids is 1. The average Bonchev–Trinajstić information content (AvgIpc) is 3.17. The summed E-state index contributed by atoms with van der Waals surface area (Å²) < 4.78 is 5.26. The topological polar surface area (TPSA) is 59.2 Å². The Labute approximate surface area is 156 Å². The highest BCUT2D eigenvalue weighted by molar-refractivity contribution is 5.90. The number of unbranched alkanes of at least 4 members (excludes halogenated alkanes) is 6. The Hall–Kier alpha value is -2.17. The molecule has 2 rings (SSSR count). The van der Waals surface area contributed by atoms with E-state index in [0.29, 0.717) is 5.82 Å². The van der Waals surface area contributed by atoms with E-state index in [-0.39, 0.29) is 11.8 Å². The fourth-order valence-corrected chi connectivity index (χ4v) is 2.92. The molecule has 0 atom stereocenters. The van der Waals surface area contributed by atoms with E-state index in [9.17, 15) is 4.79 Å².